The fraction of sp³-hybridized carbons (Fsp3) is 0.0625. The second-order valence-electron chi connectivity index (χ2n) is 4.32. The number of halogens is 1. The number of rotatable bonds is 4. The van der Waals surface area contributed by atoms with Crippen LogP contribution in [0.4, 0.5) is 0 Å². The number of ether oxygens (including phenoxy) is 1. The van der Waals surface area contributed by atoms with Gasteiger partial charge in [-0.2, -0.15) is 5.10 Å². The smallest absolute Gasteiger partial charge is 0.337 e. The molecule has 6 heteroatoms. The predicted molar refractivity (Wildman–Crippen MR) is 87.0 cm³/mol. The van der Waals surface area contributed by atoms with Crippen LogP contribution in [-0.2, 0) is 4.74 Å². The van der Waals surface area contributed by atoms with Crippen molar-refractivity contribution in [3.8, 4) is 0 Å². The third-order valence-corrected chi connectivity index (χ3v) is 3.29. The Bertz CT molecular complexity index is 712. The number of hydrogen-bond acceptors (Lipinski definition) is 4. The van der Waals surface area contributed by atoms with Gasteiger partial charge in [0.1, 0.15) is 0 Å². The van der Waals surface area contributed by atoms with E-state index in [-0.39, 0.29) is 5.91 Å². The molecule has 0 unspecified atom stereocenters. The number of amides is 1. The average Bonchev–Trinajstić information content (AvgIpc) is 2.54. The zero-order valence-electron chi connectivity index (χ0n) is 11.7. The largest absolute Gasteiger partial charge is 0.465 e. The molecule has 0 aliphatic rings. The zero-order chi connectivity index (χ0) is 15.9. The fourth-order valence-electron chi connectivity index (χ4n) is 1.68. The molecule has 112 valence electrons. The summed E-state index contributed by atoms with van der Waals surface area (Å²) >= 11 is 3.30. The molecule has 0 aromatic heterocycles. The van der Waals surface area contributed by atoms with Gasteiger partial charge in [-0.15, -0.1) is 0 Å². The summed E-state index contributed by atoms with van der Waals surface area (Å²) in [4.78, 5) is 23.2. The molecule has 2 aromatic carbocycles. The summed E-state index contributed by atoms with van der Waals surface area (Å²) in [7, 11) is 1.33. The number of nitrogens with zero attached hydrogens (tertiary/aromatic N) is 1. The Morgan fingerprint density at radius 3 is 2.50 bits per heavy atom. The first-order chi connectivity index (χ1) is 10.6. The van der Waals surface area contributed by atoms with Crippen LogP contribution in [0, 0.1) is 0 Å². The molecule has 0 bridgehead atoms. The van der Waals surface area contributed by atoms with Crippen LogP contribution in [0.15, 0.2) is 58.1 Å². The topological polar surface area (TPSA) is 67.8 Å². The van der Waals surface area contributed by atoms with Gasteiger partial charge in [0, 0.05) is 10.0 Å². The third-order valence-electron chi connectivity index (χ3n) is 2.80. The first kappa shape index (κ1) is 15.9. The van der Waals surface area contributed by atoms with Crippen LogP contribution in [0.5, 0.6) is 0 Å². The molecule has 0 aliphatic carbocycles. The number of carbonyl (C=O) groups is 2. The summed E-state index contributed by atoms with van der Waals surface area (Å²) < 4.78 is 5.44. The molecule has 5 nitrogen and oxygen atoms in total. The van der Waals surface area contributed by atoms with E-state index in [0.29, 0.717) is 11.1 Å². The summed E-state index contributed by atoms with van der Waals surface area (Å²) in [6, 6.07) is 13.7. The number of carbonyl (C=O) groups excluding carboxylic acids is 2. The van der Waals surface area contributed by atoms with Gasteiger partial charge in [0.05, 0.1) is 18.9 Å². The van der Waals surface area contributed by atoms with Crippen molar-refractivity contribution in [2.45, 2.75) is 0 Å². The van der Waals surface area contributed by atoms with Crippen molar-refractivity contribution in [1.29, 1.82) is 0 Å². The maximum absolute atomic E-state index is 11.9. The Hall–Kier alpha value is -2.47. The van der Waals surface area contributed by atoms with E-state index in [1.165, 1.54) is 13.3 Å². The van der Waals surface area contributed by atoms with Crippen molar-refractivity contribution in [3.05, 3.63) is 69.7 Å². The van der Waals surface area contributed by atoms with Gasteiger partial charge in [-0.1, -0.05) is 34.1 Å². The molecule has 0 saturated heterocycles. The van der Waals surface area contributed by atoms with E-state index in [1.807, 2.05) is 6.07 Å². The van der Waals surface area contributed by atoms with Crippen LogP contribution in [0.25, 0.3) is 0 Å². The third kappa shape index (κ3) is 4.26. The first-order valence-corrected chi connectivity index (χ1v) is 7.17. The lowest BCUT2D eigenvalue weighted by Gasteiger charge is -2.01. The average molecular weight is 361 g/mol. The van der Waals surface area contributed by atoms with Gasteiger partial charge in [-0.05, 0) is 35.9 Å². The first-order valence-electron chi connectivity index (χ1n) is 6.37. The van der Waals surface area contributed by atoms with E-state index in [2.05, 4.69) is 31.2 Å². The molecule has 0 spiro atoms. The highest BCUT2D eigenvalue weighted by Crippen LogP contribution is 2.11. The lowest BCUT2D eigenvalue weighted by atomic mass is 10.1. The number of methoxy groups -OCH3 is 1. The Labute approximate surface area is 136 Å². The SMILES string of the molecule is COC(=O)c1ccc(/C=N/NC(=O)c2cccc(Br)c2)cc1. The molecular formula is C16H13BrN2O3. The molecule has 0 heterocycles. The van der Waals surface area contributed by atoms with Gasteiger partial charge in [-0.3, -0.25) is 4.79 Å². The molecule has 0 fully saturated rings. The summed E-state index contributed by atoms with van der Waals surface area (Å²) in [5, 5.41) is 3.89. The van der Waals surface area contributed by atoms with Crippen LogP contribution in [0.3, 0.4) is 0 Å². The predicted octanol–water partition coefficient (Wildman–Crippen LogP) is 3.00. The van der Waals surface area contributed by atoms with E-state index in [9.17, 15) is 9.59 Å². The van der Waals surface area contributed by atoms with Crippen molar-refractivity contribution in [1.82, 2.24) is 5.43 Å². The molecule has 0 aliphatic heterocycles. The molecule has 0 radical (unpaired) electrons. The lowest BCUT2D eigenvalue weighted by Crippen LogP contribution is -2.17. The van der Waals surface area contributed by atoms with Crippen molar-refractivity contribution in [3.63, 3.8) is 0 Å². The molecule has 0 atom stereocenters. The monoisotopic (exact) mass is 360 g/mol. The molecule has 1 amide bonds. The normalized spacial score (nSPS) is 10.5. The second kappa shape index (κ2) is 7.51. The van der Waals surface area contributed by atoms with E-state index in [0.717, 1.165) is 10.0 Å². The Balaban J connectivity index is 1.97. The quantitative estimate of drug-likeness (QED) is 0.517. The standard InChI is InChI=1S/C16H13BrN2O3/c1-22-16(21)12-7-5-11(6-8-12)10-18-19-15(20)13-3-2-4-14(17)9-13/h2-10H,1H3,(H,19,20)/b18-10+. The summed E-state index contributed by atoms with van der Waals surface area (Å²) in [6.45, 7) is 0. The van der Waals surface area contributed by atoms with Crippen molar-refractivity contribution >= 4 is 34.0 Å². The maximum atomic E-state index is 11.9. The molecule has 0 saturated carbocycles. The lowest BCUT2D eigenvalue weighted by molar-refractivity contribution is 0.0600. The Morgan fingerprint density at radius 1 is 1.14 bits per heavy atom. The van der Waals surface area contributed by atoms with E-state index in [4.69, 9.17) is 0 Å². The van der Waals surface area contributed by atoms with Crippen LogP contribution >= 0.6 is 15.9 Å². The van der Waals surface area contributed by atoms with Crippen molar-refractivity contribution in [2.24, 2.45) is 5.10 Å². The van der Waals surface area contributed by atoms with Gasteiger partial charge in [0.2, 0.25) is 0 Å². The molecule has 22 heavy (non-hydrogen) atoms. The molecule has 2 aromatic rings. The fourth-order valence-corrected chi connectivity index (χ4v) is 2.08. The van der Waals surface area contributed by atoms with Gasteiger partial charge < -0.3 is 4.74 Å². The van der Waals surface area contributed by atoms with Crippen LogP contribution in [0.1, 0.15) is 26.3 Å². The number of benzene rings is 2. The highest BCUT2D eigenvalue weighted by Gasteiger charge is 2.05. The Morgan fingerprint density at radius 2 is 1.86 bits per heavy atom. The second-order valence-corrected chi connectivity index (χ2v) is 5.24. The maximum Gasteiger partial charge on any atom is 0.337 e. The number of hydrogen-bond donors (Lipinski definition) is 1. The molecule has 2 rings (SSSR count). The van der Waals surface area contributed by atoms with Gasteiger partial charge in [0.15, 0.2) is 0 Å². The van der Waals surface area contributed by atoms with Crippen molar-refractivity contribution < 1.29 is 14.3 Å². The van der Waals surface area contributed by atoms with Crippen LogP contribution in [-0.4, -0.2) is 25.2 Å². The van der Waals surface area contributed by atoms with Gasteiger partial charge in [-0.25, -0.2) is 10.2 Å². The zero-order valence-corrected chi connectivity index (χ0v) is 13.3. The molecule has 1 N–H and O–H groups in total. The summed E-state index contributed by atoms with van der Waals surface area (Å²) in [6.07, 6.45) is 1.50. The van der Waals surface area contributed by atoms with Crippen LogP contribution < -0.4 is 5.43 Å². The summed E-state index contributed by atoms with van der Waals surface area (Å²) in [5.41, 5.74) is 4.16. The Kier molecular flexibility index (Phi) is 5.43. The number of nitrogens with one attached hydrogen (secondary N) is 1. The van der Waals surface area contributed by atoms with E-state index in [1.54, 1.807) is 42.5 Å². The minimum atomic E-state index is -0.397. The van der Waals surface area contributed by atoms with Gasteiger partial charge >= 0.3 is 5.97 Å². The number of esters is 1. The van der Waals surface area contributed by atoms with Crippen molar-refractivity contribution in [2.75, 3.05) is 7.11 Å². The minimum Gasteiger partial charge on any atom is -0.465 e. The molecular weight excluding hydrogens is 348 g/mol. The van der Waals surface area contributed by atoms with E-state index >= 15 is 0 Å². The van der Waals surface area contributed by atoms with Crippen LogP contribution in [0.2, 0.25) is 0 Å². The number of hydrazone groups is 1. The highest BCUT2D eigenvalue weighted by atomic mass is 79.9. The highest BCUT2D eigenvalue weighted by molar-refractivity contribution is 9.10. The summed E-state index contributed by atoms with van der Waals surface area (Å²) in [5.74, 6) is -0.699. The van der Waals surface area contributed by atoms with Gasteiger partial charge in [0.25, 0.3) is 5.91 Å². The van der Waals surface area contributed by atoms with E-state index < -0.39 is 5.97 Å². The minimum absolute atomic E-state index is 0.302.